The largest absolute Gasteiger partial charge is 0.469 e. The summed E-state index contributed by atoms with van der Waals surface area (Å²) < 4.78 is 4.59. The number of methoxy groups -OCH3 is 1. The number of carbonyl (C=O) groups is 1. The Morgan fingerprint density at radius 1 is 0.739 bits per heavy atom. The van der Waals surface area contributed by atoms with Gasteiger partial charge in [-0.15, -0.1) is 0 Å². The second-order valence-electron chi connectivity index (χ2n) is 5.18. The first-order valence-electron chi connectivity index (χ1n) is 8.63. The van der Waals surface area contributed by atoms with Crippen molar-refractivity contribution in [2.75, 3.05) is 7.11 Å². The Morgan fingerprint density at radius 3 is 1.61 bits per heavy atom. The number of unbranched alkanes of at least 4 members (excludes halogenated alkanes) is 1. The zero-order valence-electron chi connectivity index (χ0n) is 14.7. The molecule has 0 heterocycles. The van der Waals surface area contributed by atoms with Crippen LogP contribution >= 0.6 is 0 Å². The quantitative estimate of drug-likeness (QED) is 0.234. The minimum absolute atomic E-state index is 0.127. The Hall–Kier alpha value is -1.83. The summed E-state index contributed by atoms with van der Waals surface area (Å²) in [5.41, 5.74) is 0. The van der Waals surface area contributed by atoms with Crippen molar-refractivity contribution in [1.29, 1.82) is 0 Å². The first-order chi connectivity index (χ1) is 11.3. The van der Waals surface area contributed by atoms with Gasteiger partial charge in [0, 0.05) is 6.42 Å². The summed E-state index contributed by atoms with van der Waals surface area (Å²) in [6, 6.07) is 0. The van der Waals surface area contributed by atoms with E-state index in [0.717, 1.165) is 44.9 Å². The van der Waals surface area contributed by atoms with Crippen molar-refractivity contribution in [3.8, 4) is 0 Å². The fraction of sp³-hybridized carbons (Fsp3) is 0.476. The van der Waals surface area contributed by atoms with E-state index in [1.807, 2.05) is 0 Å². The molecule has 0 aliphatic heterocycles. The molecule has 0 aromatic carbocycles. The lowest BCUT2D eigenvalue weighted by Crippen LogP contribution is -1.98. The molecule has 0 N–H and O–H groups in total. The van der Waals surface area contributed by atoms with Gasteiger partial charge in [0.2, 0.25) is 0 Å². The third-order valence-electron chi connectivity index (χ3n) is 3.14. The van der Waals surface area contributed by atoms with Crippen LogP contribution in [0.3, 0.4) is 0 Å². The SMILES string of the molecule is CC/C=C/C/C=C\C/C=C\C/C=C\C/C=C\CCCC(=O)OC. The number of ether oxygens (including phenoxy) is 1. The topological polar surface area (TPSA) is 26.3 Å². The molecule has 0 radical (unpaired) electrons. The minimum atomic E-state index is -0.127. The van der Waals surface area contributed by atoms with Gasteiger partial charge in [0.1, 0.15) is 0 Å². The number of carbonyl (C=O) groups excluding carboxylic acids is 1. The highest BCUT2D eigenvalue weighted by Gasteiger charge is 1.96. The minimum Gasteiger partial charge on any atom is -0.469 e. The predicted octanol–water partition coefficient (Wildman–Crippen LogP) is 6.08. The van der Waals surface area contributed by atoms with E-state index in [1.165, 1.54) is 7.11 Å². The van der Waals surface area contributed by atoms with Gasteiger partial charge in [-0.2, -0.15) is 0 Å². The van der Waals surface area contributed by atoms with Crippen LogP contribution in [0.25, 0.3) is 0 Å². The number of hydrogen-bond acceptors (Lipinski definition) is 2. The van der Waals surface area contributed by atoms with Gasteiger partial charge in [-0.3, -0.25) is 4.79 Å². The zero-order chi connectivity index (χ0) is 17.0. The molecule has 0 unspecified atom stereocenters. The third kappa shape index (κ3) is 18.1. The lowest BCUT2D eigenvalue weighted by atomic mass is 10.2. The van der Waals surface area contributed by atoms with E-state index in [9.17, 15) is 4.79 Å². The molecule has 0 spiro atoms. The summed E-state index contributed by atoms with van der Waals surface area (Å²) in [6.07, 6.45) is 29.2. The zero-order valence-corrected chi connectivity index (χ0v) is 14.7. The van der Waals surface area contributed by atoms with Gasteiger partial charge in [-0.25, -0.2) is 0 Å². The van der Waals surface area contributed by atoms with E-state index >= 15 is 0 Å². The van der Waals surface area contributed by atoms with Gasteiger partial charge in [0.25, 0.3) is 0 Å². The Bertz CT molecular complexity index is 412. The van der Waals surface area contributed by atoms with Crippen molar-refractivity contribution in [1.82, 2.24) is 0 Å². The second kappa shape index (κ2) is 18.2. The van der Waals surface area contributed by atoms with Crippen molar-refractivity contribution in [2.45, 2.75) is 58.3 Å². The average molecular weight is 316 g/mol. The standard InChI is InChI=1S/C21H32O2/c1-3-4-5-6-7-8-9-10-11-12-13-14-15-16-17-18-19-20-21(22)23-2/h4-5,7-8,10-11,13-14,16-17H,3,6,9,12,15,18-20H2,1-2H3/b5-4+,8-7-,11-10-,14-13-,17-16-. The summed E-state index contributed by atoms with van der Waals surface area (Å²) in [5.74, 6) is -0.127. The maximum Gasteiger partial charge on any atom is 0.305 e. The Labute approximate surface area is 142 Å². The molecule has 0 aromatic heterocycles. The molecule has 0 saturated carbocycles. The predicted molar refractivity (Wildman–Crippen MR) is 100 cm³/mol. The van der Waals surface area contributed by atoms with Gasteiger partial charge >= 0.3 is 5.97 Å². The van der Waals surface area contributed by atoms with Crippen molar-refractivity contribution in [3.63, 3.8) is 0 Å². The molecule has 23 heavy (non-hydrogen) atoms. The van der Waals surface area contributed by atoms with Gasteiger partial charge in [-0.05, 0) is 44.9 Å². The van der Waals surface area contributed by atoms with Crippen molar-refractivity contribution in [2.24, 2.45) is 0 Å². The third-order valence-corrected chi connectivity index (χ3v) is 3.14. The van der Waals surface area contributed by atoms with E-state index in [0.29, 0.717) is 6.42 Å². The molecule has 128 valence electrons. The van der Waals surface area contributed by atoms with Crippen LogP contribution in [0.5, 0.6) is 0 Å². The van der Waals surface area contributed by atoms with Gasteiger partial charge in [0.15, 0.2) is 0 Å². The molecule has 0 bridgehead atoms. The highest BCUT2D eigenvalue weighted by atomic mass is 16.5. The lowest BCUT2D eigenvalue weighted by Gasteiger charge is -1.95. The highest BCUT2D eigenvalue weighted by Crippen LogP contribution is 2.00. The van der Waals surface area contributed by atoms with Crippen molar-refractivity contribution >= 4 is 5.97 Å². The Balaban J connectivity index is 3.47. The monoisotopic (exact) mass is 316 g/mol. The molecule has 0 atom stereocenters. The normalized spacial score (nSPS) is 12.6. The fourth-order valence-electron chi connectivity index (χ4n) is 1.83. The molecule has 0 fully saturated rings. The molecule has 0 saturated heterocycles. The Morgan fingerprint density at radius 2 is 1.17 bits per heavy atom. The molecule has 0 aliphatic carbocycles. The van der Waals surface area contributed by atoms with E-state index in [-0.39, 0.29) is 5.97 Å². The van der Waals surface area contributed by atoms with Crippen LogP contribution < -0.4 is 0 Å². The van der Waals surface area contributed by atoms with Crippen molar-refractivity contribution < 1.29 is 9.53 Å². The van der Waals surface area contributed by atoms with E-state index < -0.39 is 0 Å². The summed E-state index contributed by atoms with van der Waals surface area (Å²) in [7, 11) is 1.43. The number of hydrogen-bond donors (Lipinski definition) is 0. The first-order valence-corrected chi connectivity index (χ1v) is 8.63. The highest BCUT2D eigenvalue weighted by molar-refractivity contribution is 5.69. The Kier molecular flexibility index (Phi) is 16.8. The average Bonchev–Trinajstić information content (AvgIpc) is 2.57. The number of rotatable bonds is 13. The van der Waals surface area contributed by atoms with Gasteiger partial charge in [0.05, 0.1) is 7.11 Å². The molecule has 2 nitrogen and oxygen atoms in total. The van der Waals surface area contributed by atoms with Crippen molar-refractivity contribution in [3.05, 3.63) is 60.8 Å². The second-order valence-corrected chi connectivity index (χ2v) is 5.18. The molecule has 0 aliphatic rings. The number of allylic oxidation sites excluding steroid dienone is 10. The molecule has 0 rings (SSSR count). The molecule has 0 amide bonds. The molecule has 0 aromatic rings. The number of esters is 1. The smallest absolute Gasteiger partial charge is 0.305 e. The van der Waals surface area contributed by atoms with Gasteiger partial charge < -0.3 is 4.74 Å². The summed E-state index contributed by atoms with van der Waals surface area (Å²) >= 11 is 0. The van der Waals surface area contributed by atoms with Gasteiger partial charge in [-0.1, -0.05) is 67.7 Å². The molecule has 2 heteroatoms. The van der Waals surface area contributed by atoms with Crippen LogP contribution in [-0.4, -0.2) is 13.1 Å². The van der Waals surface area contributed by atoms with Crippen LogP contribution in [-0.2, 0) is 9.53 Å². The summed E-state index contributed by atoms with van der Waals surface area (Å²) in [5, 5.41) is 0. The molecular formula is C21H32O2. The van der Waals surface area contributed by atoms with E-state index in [4.69, 9.17) is 0 Å². The van der Waals surface area contributed by atoms with Crippen LogP contribution in [0.2, 0.25) is 0 Å². The maximum atomic E-state index is 10.9. The molecular weight excluding hydrogens is 284 g/mol. The fourth-order valence-corrected chi connectivity index (χ4v) is 1.83. The first kappa shape index (κ1) is 21.2. The van der Waals surface area contributed by atoms with Crippen LogP contribution in [0.1, 0.15) is 58.3 Å². The van der Waals surface area contributed by atoms with E-state index in [1.54, 1.807) is 0 Å². The maximum absolute atomic E-state index is 10.9. The van der Waals surface area contributed by atoms with Crippen LogP contribution in [0, 0.1) is 0 Å². The summed E-state index contributed by atoms with van der Waals surface area (Å²) in [6.45, 7) is 2.15. The lowest BCUT2D eigenvalue weighted by molar-refractivity contribution is -0.140. The van der Waals surface area contributed by atoms with E-state index in [2.05, 4.69) is 72.4 Å². The summed E-state index contributed by atoms with van der Waals surface area (Å²) in [4.78, 5) is 10.9. The van der Waals surface area contributed by atoms with Crippen LogP contribution in [0.4, 0.5) is 0 Å². The van der Waals surface area contributed by atoms with Crippen LogP contribution in [0.15, 0.2) is 60.8 Å².